The van der Waals surface area contributed by atoms with E-state index in [2.05, 4.69) is 55.4 Å². The molecule has 2 aromatic rings. The van der Waals surface area contributed by atoms with E-state index in [4.69, 9.17) is 0 Å². The van der Waals surface area contributed by atoms with E-state index in [0.29, 0.717) is 0 Å². The molecule has 3 rings (SSSR count). The molecule has 2 N–H and O–H groups in total. The third-order valence-electron chi connectivity index (χ3n) is 4.64. The summed E-state index contributed by atoms with van der Waals surface area (Å²) in [5.41, 5.74) is 1.42. The molecule has 1 aliphatic rings. The van der Waals surface area contributed by atoms with Gasteiger partial charge >= 0.3 is 0 Å². The lowest BCUT2D eigenvalue weighted by molar-refractivity contribution is 0.125. The first-order valence-corrected chi connectivity index (χ1v) is 9.08. The smallest absolute Gasteiger partial charge is 0.120 e. The first kappa shape index (κ1) is 17.1. The van der Waals surface area contributed by atoms with Gasteiger partial charge in [0, 0.05) is 45.1 Å². The van der Waals surface area contributed by atoms with Crippen molar-refractivity contribution in [1.82, 2.24) is 25.1 Å². The van der Waals surface area contributed by atoms with Crippen molar-refractivity contribution in [1.29, 1.82) is 0 Å². The predicted molar refractivity (Wildman–Crippen MR) is 97.7 cm³/mol. The summed E-state index contributed by atoms with van der Waals surface area (Å²) in [6, 6.07) is 10.8. The number of hydrogen-bond acceptors (Lipinski definition) is 4. The van der Waals surface area contributed by atoms with Crippen molar-refractivity contribution in [2.45, 2.75) is 25.9 Å². The number of nitrogens with zero attached hydrogens (tertiary/aromatic N) is 3. The third kappa shape index (κ3) is 5.74. The summed E-state index contributed by atoms with van der Waals surface area (Å²) in [6.07, 6.45) is 6.16. The second-order valence-electron chi connectivity index (χ2n) is 6.52. The van der Waals surface area contributed by atoms with Crippen LogP contribution in [0.3, 0.4) is 0 Å². The van der Waals surface area contributed by atoms with Crippen molar-refractivity contribution in [3.8, 4) is 0 Å². The zero-order valence-corrected chi connectivity index (χ0v) is 14.5. The lowest BCUT2D eigenvalue weighted by Crippen LogP contribution is -2.46. The highest BCUT2D eigenvalue weighted by Crippen LogP contribution is 2.09. The van der Waals surface area contributed by atoms with E-state index in [0.717, 1.165) is 25.5 Å². The van der Waals surface area contributed by atoms with Crippen LogP contribution >= 0.6 is 0 Å². The zero-order chi connectivity index (χ0) is 16.5. The van der Waals surface area contributed by atoms with Crippen LogP contribution in [-0.2, 0) is 13.1 Å². The van der Waals surface area contributed by atoms with Crippen LogP contribution in [-0.4, -0.2) is 59.0 Å². The SMILES string of the molecule is c1ccc(CN2CCN(CCCCNCc3ncc[nH]3)CC2)cc1. The van der Waals surface area contributed by atoms with Gasteiger partial charge in [0.15, 0.2) is 0 Å². The molecular weight excluding hydrogens is 298 g/mol. The monoisotopic (exact) mass is 327 g/mol. The van der Waals surface area contributed by atoms with Crippen LogP contribution in [0.15, 0.2) is 42.7 Å². The summed E-state index contributed by atoms with van der Waals surface area (Å²) in [4.78, 5) is 12.5. The Labute approximate surface area is 145 Å². The molecule has 1 saturated heterocycles. The van der Waals surface area contributed by atoms with Gasteiger partial charge in [-0.2, -0.15) is 0 Å². The number of imidazole rings is 1. The fourth-order valence-corrected chi connectivity index (χ4v) is 3.20. The van der Waals surface area contributed by atoms with Crippen LogP contribution in [0.4, 0.5) is 0 Å². The van der Waals surface area contributed by atoms with Crippen LogP contribution in [0.1, 0.15) is 24.2 Å². The van der Waals surface area contributed by atoms with Crippen molar-refractivity contribution in [3.63, 3.8) is 0 Å². The van der Waals surface area contributed by atoms with Gasteiger partial charge in [0.25, 0.3) is 0 Å². The standard InChI is InChI=1S/C19H29N5/c1-2-6-18(7-3-1)17-24-14-12-23(13-15-24)11-5-4-8-20-16-19-21-9-10-22-19/h1-3,6-7,9-10,20H,4-5,8,11-17H2,(H,21,22). The number of aromatic nitrogens is 2. The summed E-state index contributed by atoms with van der Waals surface area (Å²) < 4.78 is 0. The van der Waals surface area contributed by atoms with Gasteiger partial charge in [0.05, 0.1) is 6.54 Å². The first-order chi connectivity index (χ1) is 11.9. The molecule has 0 bridgehead atoms. The molecule has 0 atom stereocenters. The number of nitrogens with one attached hydrogen (secondary N) is 2. The Morgan fingerprint density at radius 2 is 1.79 bits per heavy atom. The van der Waals surface area contributed by atoms with Gasteiger partial charge in [0.1, 0.15) is 5.82 Å². The van der Waals surface area contributed by atoms with E-state index in [-0.39, 0.29) is 0 Å². The average molecular weight is 327 g/mol. The molecule has 0 saturated carbocycles. The summed E-state index contributed by atoms with van der Waals surface area (Å²) in [5.74, 6) is 1.02. The Hall–Kier alpha value is -1.69. The molecule has 5 nitrogen and oxygen atoms in total. The molecule has 5 heteroatoms. The van der Waals surface area contributed by atoms with E-state index >= 15 is 0 Å². The average Bonchev–Trinajstić information content (AvgIpc) is 3.14. The van der Waals surface area contributed by atoms with Crippen molar-refractivity contribution >= 4 is 0 Å². The van der Waals surface area contributed by atoms with Gasteiger partial charge in [0.2, 0.25) is 0 Å². The van der Waals surface area contributed by atoms with Crippen LogP contribution in [0.25, 0.3) is 0 Å². The molecular formula is C19H29N5. The number of H-pyrrole nitrogens is 1. The molecule has 1 aromatic heterocycles. The largest absolute Gasteiger partial charge is 0.348 e. The van der Waals surface area contributed by atoms with E-state index in [1.807, 2.05) is 6.20 Å². The predicted octanol–water partition coefficient (Wildman–Crippen LogP) is 2.10. The molecule has 1 aliphatic heterocycles. The number of hydrogen-bond donors (Lipinski definition) is 2. The Morgan fingerprint density at radius 3 is 2.54 bits per heavy atom. The highest BCUT2D eigenvalue weighted by Gasteiger charge is 2.16. The lowest BCUT2D eigenvalue weighted by Gasteiger charge is -2.34. The molecule has 0 spiro atoms. The van der Waals surface area contributed by atoms with Crippen molar-refractivity contribution < 1.29 is 0 Å². The quantitative estimate of drug-likeness (QED) is 0.693. The van der Waals surface area contributed by atoms with E-state index < -0.39 is 0 Å². The van der Waals surface area contributed by atoms with Gasteiger partial charge in [-0.3, -0.25) is 4.90 Å². The Morgan fingerprint density at radius 1 is 1.00 bits per heavy atom. The van der Waals surface area contributed by atoms with Gasteiger partial charge in [-0.05, 0) is 31.5 Å². The number of piperazine rings is 1. The van der Waals surface area contributed by atoms with Crippen LogP contribution in [0.2, 0.25) is 0 Å². The van der Waals surface area contributed by atoms with Gasteiger partial charge in [-0.15, -0.1) is 0 Å². The summed E-state index contributed by atoms with van der Waals surface area (Å²) in [7, 11) is 0. The van der Waals surface area contributed by atoms with Crippen molar-refractivity contribution in [3.05, 3.63) is 54.1 Å². The summed E-state index contributed by atoms with van der Waals surface area (Å²) in [6.45, 7) is 8.99. The van der Waals surface area contributed by atoms with Crippen molar-refractivity contribution in [2.24, 2.45) is 0 Å². The van der Waals surface area contributed by atoms with Crippen LogP contribution < -0.4 is 5.32 Å². The van der Waals surface area contributed by atoms with E-state index in [1.165, 1.54) is 51.1 Å². The fraction of sp³-hybridized carbons (Fsp3) is 0.526. The normalized spacial score (nSPS) is 16.5. The van der Waals surface area contributed by atoms with Gasteiger partial charge < -0.3 is 15.2 Å². The first-order valence-electron chi connectivity index (χ1n) is 9.08. The minimum Gasteiger partial charge on any atom is -0.348 e. The minimum absolute atomic E-state index is 0.838. The maximum atomic E-state index is 4.21. The second kappa shape index (κ2) is 9.57. The molecule has 0 aliphatic carbocycles. The Balaban J connectivity index is 1.22. The Kier molecular flexibility index (Phi) is 6.83. The topological polar surface area (TPSA) is 47.2 Å². The molecule has 1 aromatic carbocycles. The molecule has 0 unspecified atom stereocenters. The maximum absolute atomic E-state index is 4.21. The highest BCUT2D eigenvalue weighted by atomic mass is 15.3. The minimum atomic E-state index is 0.838. The van der Waals surface area contributed by atoms with Gasteiger partial charge in [-0.1, -0.05) is 30.3 Å². The van der Waals surface area contributed by atoms with Gasteiger partial charge in [-0.25, -0.2) is 4.98 Å². The molecule has 0 radical (unpaired) electrons. The van der Waals surface area contributed by atoms with Crippen LogP contribution in [0.5, 0.6) is 0 Å². The second-order valence-corrected chi connectivity index (χ2v) is 6.52. The third-order valence-corrected chi connectivity index (χ3v) is 4.64. The van der Waals surface area contributed by atoms with E-state index in [1.54, 1.807) is 6.20 Å². The molecule has 0 amide bonds. The Bertz CT molecular complexity index is 546. The van der Waals surface area contributed by atoms with E-state index in [9.17, 15) is 0 Å². The zero-order valence-electron chi connectivity index (χ0n) is 14.5. The highest BCUT2D eigenvalue weighted by molar-refractivity contribution is 5.14. The molecule has 1 fully saturated rings. The summed E-state index contributed by atoms with van der Waals surface area (Å²) >= 11 is 0. The lowest BCUT2D eigenvalue weighted by atomic mass is 10.2. The number of unbranched alkanes of at least 4 members (excludes halogenated alkanes) is 1. The maximum Gasteiger partial charge on any atom is 0.120 e. The molecule has 2 heterocycles. The summed E-state index contributed by atoms with van der Waals surface area (Å²) in [5, 5.41) is 3.44. The number of aromatic amines is 1. The molecule has 130 valence electrons. The van der Waals surface area contributed by atoms with Crippen molar-refractivity contribution in [2.75, 3.05) is 39.3 Å². The van der Waals surface area contributed by atoms with Crippen LogP contribution in [0, 0.1) is 0 Å². The fourth-order valence-electron chi connectivity index (χ4n) is 3.20. The number of rotatable bonds is 9. The number of benzene rings is 1. The molecule has 24 heavy (non-hydrogen) atoms.